The lowest BCUT2D eigenvalue weighted by atomic mass is 10.2. The fraction of sp³-hybridized carbons (Fsp3) is 0.500. The topological polar surface area (TPSA) is 37.4 Å². The summed E-state index contributed by atoms with van der Waals surface area (Å²) < 4.78 is 39.4. The van der Waals surface area contributed by atoms with Crippen LogP contribution < -0.4 is 0 Å². The van der Waals surface area contributed by atoms with Gasteiger partial charge in [-0.2, -0.15) is 4.31 Å². The molecule has 17 heavy (non-hydrogen) atoms. The number of nitrogens with zero attached hydrogens (tertiary/aromatic N) is 1. The van der Waals surface area contributed by atoms with E-state index >= 15 is 0 Å². The number of halogens is 1. The summed E-state index contributed by atoms with van der Waals surface area (Å²) in [5, 5.41) is 0. The van der Waals surface area contributed by atoms with Crippen molar-refractivity contribution in [3.8, 4) is 0 Å². The van der Waals surface area contributed by atoms with Gasteiger partial charge in [-0.25, -0.2) is 12.8 Å². The zero-order valence-electron chi connectivity index (χ0n) is 9.60. The molecule has 5 heteroatoms. The Balaban J connectivity index is 2.32. The third-order valence-corrected chi connectivity index (χ3v) is 4.95. The molecule has 0 spiro atoms. The number of rotatable bonds is 2. The van der Waals surface area contributed by atoms with Crippen LogP contribution in [-0.4, -0.2) is 25.8 Å². The molecule has 1 saturated heterocycles. The van der Waals surface area contributed by atoms with Crippen LogP contribution in [0.2, 0.25) is 0 Å². The molecule has 0 aliphatic carbocycles. The Morgan fingerprint density at radius 1 is 1.00 bits per heavy atom. The van der Waals surface area contributed by atoms with E-state index < -0.39 is 15.8 Å². The average Bonchev–Trinajstić information content (AvgIpc) is 2.58. The van der Waals surface area contributed by atoms with Crippen molar-refractivity contribution in [1.29, 1.82) is 0 Å². The first-order chi connectivity index (χ1) is 8.12. The van der Waals surface area contributed by atoms with E-state index in [1.54, 1.807) is 6.07 Å². The maximum atomic E-state index is 13.5. The van der Waals surface area contributed by atoms with Gasteiger partial charge in [0.05, 0.1) is 0 Å². The van der Waals surface area contributed by atoms with E-state index in [-0.39, 0.29) is 4.90 Å². The van der Waals surface area contributed by atoms with Crippen molar-refractivity contribution in [2.75, 3.05) is 13.1 Å². The lowest BCUT2D eigenvalue weighted by Crippen LogP contribution is -2.32. The molecule has 0 saturated carbocycles. The van der Waals surface area contributed by atoms with Crippen LogP contribution in [0.25, 0.3) is 0 Å². The molecular weight excluding hydrogens is 241 g/mol. The molecule has 0 bridgehead atoms. The van der Waals surface area contributed by atoms with Gasteiger partial charge in [0.2, 0.25) is 10.0 Å². The predicted octanol–water partition coefficient (Wildman–Crippen LogP) is 2.39. The van der Waals surface area contributed by atoms with Crippen LogP contribution in [0.3, 0.4) is 0 Å². The Morgan fingerprint density at radius 3 is 2.18 bits per heavy atom. The molecule has 1 aromatic rings. The van der Waals surface area contributed by atoms with Crippen LogP contribution in [0.4, 0.5) is 4.39 Å². The van der Waals surface area contributed by atoms with Gasteiger partial charge in [0.25, 0.3) is 0 Å². The van der Waals surface area contributed by atoms with Gasteiger partial charge in [-0.15, -0.1) is 0 Å². The first-order valence-corrected chi connectivity index (χ1v) is 7.31. The first kappa shape index (κ1) is 12.5. The van der Waals surface area contributed by atoms with E-state index in [1.807, 2.05) is 0 Å². The molecule has 0 N–H and O–H groups in total. The number of hydrogen-bond donors (Lipinski definition) is 0. The highest BCUT2D eigenvalue weighted by atomic mass is 32.2. The summed E-state index contributed by atoms with van der Waals surface area (Å²) in [6.07, 6.45) is 3.80. The van der Waals surface area contributed by atoms with Crippen molar-refractivity contribution >= 4 is 10.0 Å². The lowest BCUT2D eigenvalue weighted by Gasteiger charge is -2.20. The van der Waals surface area contributed by atoms with Gasteiger partial charge < -0.3 is 0 Å². The highest BCUT2D eigenvalue weighted by molar-refractivity contribution is 7.89. The van der Waals surface area contributed by atoms with Crippen LogP contribution >= 0.6 is 0 Å². The monoisotopic (exact) mass is 257 g/mol. The van der Waals surface area contributed by atoms with Crippen molar-refractivity contribution in [1.82, 2.24) is 4.31 Å². The van der Waals surface area contributed by atoms with E-state index in [4.69, 9.17) is 0 Å². The zero-order valence-corrected chi connectivity index (χ0v) is 10.4. The highest BCUT2D eigenvalue weighted by Gasteiger charge is 2.27. The van der Waals surface area contributed by atoms with Crippen molar-refractivity contribution in [2.45, 2.75) is 30.6 Å². The average molecular weight is 257 g/mol. The third-order valence-electron chi connectivity index (χ3n) is 3.02. The van der Waals surface area contributed by atoms with Crippen molar-refractivity contribution in [3.63, 3.8) is 0 Å². The van der Waals surface area contributed by atoms with Crippen LogP contribution in [0, 0.1) is 5.82 Å². The molecule has 3 nitrogen and oxygen atoms in total. The molecule has 0 atom stereocenters. The quantitative estimate of drug-likeness (QED) is 0.815. The van der Waals surface area contributed by atoms with Gasteiger partial charge in [-0.1, -0.05) is 25.0 Å². The molecular formula is C12H16FNO2S. The minimum Gasteiger partial charge on any atom is -0.207 e. The van der Waals surface area contributed by atoms with Crippen molar-refractivity contribution < 1.29 is 12.8 Å². The fourth-order valence-corrected chi connectivity index (χ4v) is 3.66. The van der Waals surface area contributed by atoms with Gasteiger partial charge in [0.1, 0.15) is 10.7 Å². The van der Waals surface area contributed by atoms with E-state index in [0.717, 1.165) is 25.7 Å². The number of benzene rings is 1. The first-order valence-electron chi connectivity index (χ1n) is 5.87. The smallest absolute Gasteiger partial charge is 0.207 e. The van der Waals surface area contributed by atoms with Gasteiger partial charge >= 0.3 is 0 Å². The molecule has 1 aromatic carbocycles. The Kier molecular flexibility index (Phi) is 3.79. The summed E-state index contributed by atoms with van der Waals surface area (Å²) >= 11 is 0. The largest absolute Gasteiger partial charge is 0.245 e. The molecule has 1 aliphatic heterocycles. The minimum atomic E-state index is -3.66. The van der Waals surface area contributed by atoms with Crippen molar-refractivity contribution in [3.05, 3.63) is 30.1 Å². The summed E-state index contributed by atoms with van der Waals surface area (Å²) in [4.78, 5) is -0.207. The molecule has 1 heterocycles. The van der Waals surface area contributed by atoms with Crippen LogP contribution in [0.15, 0.2) is 29.2 Å². The highest BCUT2D eigenvalue weighted by Crippen LogP contribution is 2.22. The van der Waals surface area contributed by atoms with E-state index in [1.165, 1.54) is 22.5 Å². The van der Waals surface area contributed by atoms with E-state index in [0.29, 0.717) is 13.1 Å². The summed E-state index contributed by atoms with van der Waals surface area (Å²) in [5.41, 5.74) is 0. The molecule has 0 unspecified atom stereocenters. The molecule has 2 rings (SSSR count). The molecule has 1 aliphatic rings. The second kappa shape index (κ2) is 5.14. The SMILES string of the molecule is O=S(=O)(c1ccccc1F)N1CCCCCC1. The lowest BCUT2D eigenvalue weighted by molar-refractivity contribution is 0.419. The Labute approximate surface area is 101 Å². The van der Waals surface area contributed by atoms with Gasteiger partial charge in [0, 0.05) is 13.1 Å². The maximum Gasteiger partial charge on any atom is 0.245 e. The Bertz CT molecular complexity index is 479. The number of hydrogen-bond acceptors (Lipinski definition) is 2. The zero-order chi connectivity index (χ0) is 12.3. The fourth-order valence-electron chi connectivity index (χ4n) is 2.08. The van der Waals surface area contributed by atoms with Crippen molar-refractivity contribution in [2.24, 2.45) is 0 Å². The van der Waals surface area contributed by atoms with Gasteiger partial charge in [-0.05, 0) is 25.0 Å². The van der Waals surface area contributed by atoms with Gasteiger partial charge in [0.15, 0.2) is 0 Å². The van der Waals surface area contributed by atoms with Crippen LogP contribution in [0.1, 0.15) is 25.7 Å². The Morgan fingerprint density at radius 2 is 1.59 bits per heavy atom. The molecule has 1 fully saturated rings. The second-order valence-corrected chi connectivity index (χ2v) is 6.16. The minimum absolute atomic E-state index is 0.207. The third kappa shape index (κ3) is 2.66. The van der Waals surface area contributed by atoms with Crippen LogP contribution in [-0.2, 0) is 10.0 Å². The molecule has 0 amide bonds. The van der Waals surface area contributed by atoms with Gasteiger partial charge in [-0.3, -0.25) is 0 Å². The molecule has 0 radical (unpaired) electrons. The maximum absolute atomic E-state index is 13.5. The summed E-state index contributed by atoms with van der Waals surface area (Å²) in [6, 6.07) is 5.56. The molecule has 94 valence electrons. The second-order valence-electron chi connectivity index (χ2n) is 4.25. The predicted molar refractivity (Wildman–Crippen MR) is 63.6 cm³/mol. The molecule has 0 aromatic heterocycles. The van der Waals surface area contributed by atoms with E-state index in [2.05, 4.69) is 0 Å². The normalized spacial score (nSPS) is 18.9. The van der Waals surface area contributed by atoms with E-state index in [9.17, 15) is 12.8 Å². The summed E-state index contributed by atoms with van der Waals surface area (Å²) in [7, 11) is -3.66. The number of sulfonamides is 1. The standard InChI is InChI=1S/C12H16FNO2S/c13-11-7-3-4-8-12(11)17(15,16)14-9-5-1-2-6-10-14/h3-4,7-8H,1-2,5-6,9-10H2. The summed E-state index contributed by atoms with van der Waals surface area (Å²) in [5.74, 6) is -0.670. The Hall–Kier alpha value is -0.940. The summed E-state index contributed by atoms with van der Waals surface area (Å²) in [6.45, 7) is 0.993. The van der Waals surface area contributed by atoms with Crippen LogP contribution in [0.5, 0.6) is 0 Å².